The van der Waals surface area contributed by atoms with E-state index >= 15 is 0 Å². The Morgan fingerprint density at radius 2 is 1.81 bits per heavy atom. The van der Waals surface area contributed by atoms with Crippen LogP contribution in [0.3, 0.4) is 0 Å². The van der Waals surface area contributed by atoms with Crippen molar-refractivity contribution in [2.75, 3.05) is 13.1 Å². The number of nitrogens with zero attached hydrogens (tertiary/aromatic N) is 4. The first-order chi connectivity index (χ1) is 14.9. The third kappa shape index (κ3) is 3.71. The molecule has 1 aliphatic carbocycles. The second-order valence-corrected chi connectivity index (χ2v) is 9.87. The molecule has 5 rings (SSSR count). The highest BCUT2D eigenvalue weighted by molar-refractivity contribution is 5.73. The van der Waals surface area contributed by atoms with Crippen molar-refractivity contribution in [3.8, 4) is 0 Å². The number of nitrogens with one attached hydrogen (secondary N) is 1. The van der Waals surface area contributed by atoms with Gasteiger partial charge in [-0.25, -0.2) is 9.67 Å². The van der Waals surface area contributed by atoms with Crippen LogP contribution in [0.25, 0.3) is 11.0 Å². The molecule has 2 fully saturated rings. The van der Waals surface area contributed by atoms with Gasteiger partial charge in [0, 0.05) is 25.6 Å². The molecule has 0 amide bonds. The zero-order chi connectivity index (χ0) is 21.7. The van der Waals surface area contributed by atoms with Crippen molar-refractivity contribution < 1.29 is 0 Å². The van der Waals surface area contributed by atoms with Gasteiger partial charge in [0.25, 0.3) is 5.56 Å². The van der Waals surface area contributed by atoms with Crippen LogP contribution in [0.1, 0.15) is 72.6 Å². The first-order valence-electron chi connectivity index (χ1n) is 11.7. The van der Waals surface area contributed by atoms with Gasteiger partial charge in [-0.15, -0.1) is 0 Å². The van der Waals surface area contributed by atoms with E-state index in [0.29, 0.717) is 17.3 Å². The smallest absolute Gasteiger partial charge is 0.262 e. The van der Waals surface area contributed by atoms with Gasteiger partial charge in [-0.05, 0) is 56.2 Å². The second-order valence-electron chi connectivity index (χ2n) is 9.87. The minimum Gasteiger partial charge on any atom is -0.310 e. The number of benzene rings is 1. The molecule has 1 N–H and O–H groups in total. The lowest BCUT2D eigenvalue weighted by Gasteiger charge is -2.19. The van der Waals surface area contributed by atoms with E-state index in [9.17, 15) is 4.79 Å². The molecule has 2 atom stereocenters. The lowest BCUT2D eigenvalue weighted by atomic mass is 9.97. The molecule has 1 aliphatic heterocycles. The lowest BCUT2D eigenvalue weighted by Crippen LogP contribution is -2.22. The van der Waals surface area contributed by atoms with E-state index < -0.39 is 0 Å². The highest BCUT2D eigenvalue weighted by Crippen LogP contribution is 2.34. The average Bonchev–Trinajstić information content (AvgIpc) is 3.44. The standard InChI is InChI=1S/C25H33N5O/c1-15-9-16(2)21(17(3)10-15)13-29-12-18(4)22(14-29)23-27-24-20(25(31)28-23)11-26-30(24)19-7-5-6-8-19/h9-11,18-19,22H,5-8,12-14H2,1-4H3,(H,27,28,31)/t18-,22-/m1/s1. The molecule has 6 heteroatoms. The highest BCUT2D eigenvalue weighted by atomic mass is 16.1. The third-order valence-electron chi connectivity index (χ3n) is 7.41. The molecule has 1 aromatic carbocycles. The van der Waals surface area contributed by atoms with Crippen molar-refractivity contribution >= 4 is 11.0 Å². The molecule has 0 bridgehead atoms. The Labute approximate surface area is 183 Å². The number of likely N-dealkylation sites (tertiary alicyclic amines) is 1. The maximum absolute atomic E-state index is 12.8. The predicted molar refractivity (Wildman–Crippen MR) is 123 cm³/mol. The highest BCUT2D eigenvalue weighted by Gasteiger charge is 2.33. The summed E-state index contributed by atoms with van der Waals surface area (Å²) in [5, 5.41) is 5.16. The molecule has 1 saturated heterocycles. The number of hydrogen-bond donors (Lipinski definition) is 1. The molecule has 0 radical (unpaired) electrons. The van der Waals surface area contributed by atoms with Crippen LogP contribution in [0.15, 0.2) is 23.1 Å². The number of fused-ring (bicyclic) bond motifs is 1. The Bertz CT molecular complexity index is 1150. The van der Waals surface area contributed by atoms with Gasteiger partial charge >= 0.3 is 0 Å². The number of aromatic amines is 1. The van der Waals surface area contributed by atoms with Gasteiger partial charge in [0.15, 0.2) is 5.65 Å². The third-order valence-corrected chi connectivity index (χ3v) is 7.41. The van der Waals surface area contributed by atoms with Crippen LogP contribution in [0.4, 0.5) is 0 Å². The van der Waals surface area contributed by atoms with Crippen LogP contribution in [-0.2, 0) is 6.54 Å². The quantitative estimate of drug-likeness (QED) is 0.681. The zero-order valence-electron chi connectivity index (χ0n) is 19.1. The van der Waals surface area contributed by atoms with E-state index in [1.807, 2.05) is 4.68 Å². The van der Waals surface area contributed by atoms with E-state index in [4.69, 9.17) is 4.98 Å². The first-order valence-corrected chi connectivity index (χ1v) is 11.7. The second kappa shape index (κ2) is 7.90. The minimum atomic E-state index is -0.0554. The molecular weight excluding hydrogens is 386 g/mol. The summed E-state index contributed by atoms with van der Waals surface area (Å²) in [7, 11) is 0. The molecule has 6 nitrogen and oxygen atoms in total. The summed E-state index contributed by atoms with van der Waals surface area (Å²) < 4.78 is 2.01. The van der Waals surface area contributed by atoms with Crippen LogP contribution >= 0.6 is 0 Å². The molecule has 31 heavy (non-hydrogen) atoms. The largest absolute Gasteiger partial charge is 0.310 e. The summed E-state index contributed by atoms with van der Waals surface area (Å²) in [6, 6.07) is 4.93. The average molecular weight is 420 g/mol. The molecule has 164 valence electrons. The number of rotatable bonds is 4. The zero-order valence-corrected chi connectivity index (χ0v) is 19.1. The van der Waals surface area contributed by atoms with E-state index in [1.54, 1.807) is 6.20 Å². The Hall–Kier alpha value is -2.47. The molecule has 0 spiro atoms. The Balaban J connectivity index is 1.43. The van der Waals surface area contributed by atoms with Gasteiger partial charge in [-0.1, -0.05) is 37.5 Å². The van der Waals surface area contributed by atoms with Gasteiger partial charge in [-0.2, -0.15) is 5.10 Å². The van der Waals surface area contributed by atoms with Crippen LogP contribution < -0.4 is 5.56 Å². The number of aryl methyl sites for hydroxylation is 3. The summed E-state index contributed by atoms with van der Waals surface area (Å²) in [5.41, 5.74) is 6.18. The molecule has 3 heterocycles. The number of H-pyrrole nitrogens is 1. The summed E-state index contributed by atoms with van der Waals surface area (Å²) in [4.78, 5) is 23.4. The fourth-order valence-corrected chi connectivity index (χ4v) is 5.78. The Morgan fingerprint density at radius 3 is 2.52 bits per heavy atom. The van der Waals surface area contributed by atoms with Crippen LogP contribution in [0.5, 0.6) is 0 Å². The first kappa shape index (κ1) is 20.4. The van der Waals surface area contributed by atoms with E-state index in [2.05, 4.69) is 54.8 Å². The van der Waals surface area contributed by atoms with Crippen molar-refractivity contribution in [2.45, 2.75) is 71.9 Å². The van der Waals surface area contributed by atoms with Crippen molar-refractivity contribution in [3.63, 3.8) is 0 Å². The van der Waals surface area contributed by atoms with Crippen molar-refractivity contribution in [3.05, 3.63) is 56.8 Å². The number of hydrogen-bond acceptors (Lipinski definition) is 4. The molecule has 1 saturated carbocycles. The Kier molecular flexibility index (Phi) is 5.21. The molecule has 0 unspecified atom stereocenters. The van der Waals surface area contributed by atoms with Crippen LogP contribution in [0, 0.1) is 26.7 Å². The van der Waals surface area contributed by atoms with Crippen molar-refractivity contribution in [2.24, 2.45) is 5.92 Å². The van der Waals surface area contributed by atoms with Gasteiger partial charge in [0.05, 0.1) is 12.2 Å². The van der Waals surface area contributed by atoms with E-state index in [1.165, 1.54) is 35.1 Å². The molecule has 2 aromatic heterocycles. The molecule has 2 aliphatic rings. The minimum absolute atomic E-state index is 0.0554. The predicted octanol–water partition coefficient (Wildman–Crippen LogP) is 4.40. The van der Waals surface area contributed by atoms with Crippen LogP contribution in [-0.4, -0.2) is 37.7 Å². The number of aromatic nitrogens is 4. The van der Waals surface area contributed by atoms with Gasteiger partial charge in [-0.3, -0.25) is 9.69 Å². The Morgan fingerprint density at radius 1 is 1.10 bits per heavy atom. The fourth-order valence-electron chi connectivity index (χ4n) is 5.78. The maximum Gasteiger partial charge on any atom is 0.262 e. The molecular formula is C25H33N5O. The fraction of sp³-hybridized carbons (Fsp3) is 0.560. The summed E-state index contributed by atoms with van der Waals surface area (Å²) in [6.07, 6.45) is 6.41. The topological polar surface area (TPSA) is 66.8 Å². The lowest BCUT2D eigenvalue weighted by molar-refractivity contribution is 0.317. The SMILES string of the molecule is Cc1cc(C)c(CN2C[C@@H](C)[C@H](c3nc4c(cnn4C4CCCC4)c(=O)[nH]3)C2)c(C)c1. The van der Waals surface area contributed by atoms with Gasteiger partial charge in [0.2, 0.25) is 0 Å². The van der Waals surface area contributed by atoms with E-state index in [-0.39, 0.29) is 11.5 Å². The maximum atomic E-state index is 12.8. The summed E-state index contributed by atoms with van der Waals surface area (Å²) >= 11 is 0. The summed E-state index contributed by atoms with van der Waals surface area (Å²) in [6.45, 7) is 11.7. The van der Waals surface area contributed by atoms with E-state index in [0.717, 1.165) is 43.9 Å². The molecule has 3 aromatic rings. The van der Waals surface area contributed by atoms with Crippen molar-refractivity contribution in [1.82, 2.24) is 24.6 Å². The summed E-state index contributed by atoms with van der Waals surface area (Å²) in [5.74, 6) is 1.49. The van der Waals surface area contributed by atoms with Crippen molar-refractivity contribution in [1.29, 1.82) is 0 Å². The monoisotopic (exact) mass is 419 g/mol. The van der Waals surface area contributed by atoms with Gasteiger partial charge in [0.1, 0.15) is 11.2 Å². The van der Waals surface area contributed by atoms with Gasteiger partial charge < -0.3 is 4.98 Å². The normalized spacial score (nSPS) is 22.7. The van der Waals surface area contributed by atoms with Crippen LogP contribution in [0.2, 0.25) is 0 Å².